The highest BCUT2D eigenvalue weighted by molar-refractivity contribution is 5.72. The van der Waals surface area contributed by atoms with Gasteiger partial charge >= 0.3 is 0 Å². The Kier molecular flexibility index (Phi) is 2.59. The highest BCUT2D eigenvalue weighted by atomic mass is 16.5. The van der Waals surface area contributed by atoms with Gasteiger partial charge in [0.25, 0.3) is 0 Å². The molecule has 1 aromatic carbocycles. The smallest absolute Gasteiger partial charge is 0.151 e. The molecule has 1 aromatic heterocycles. The topological polar surface area (TPSA) is 59.2 Å². The third kappa shape index (κ3) is 1.68. The van der Waals surface area contributed by atoms with Crippen LogP contribution in [0.1, 0.15) is 5.56 Å². The SMILES string of the molecule is COc1cc(OC)cc(-c2[nH]nc3c2CCN3)c1. The molecule has 3 rings (SSSR count). The van der Waals surface area contributed by atoms with Gasteiger partial charge in [-0.3, -0.25) is 5.10 Å². The number of fused-ring (bicyclic) bond motifs is 1. The van der Waals surface area contributed by atoms with Gasteiger partial charge in [0.1, 0.15) is 11.5 Å². The summed E-state index contributed by atoms with van der Waals surface area (Å²) in [6.45, 7) is 0.945. The van der Waals surface area contributed by atoms with Gasteiger partial charge in [0.05, 0.1) is 19.9 Å². The van der Waals surface area contributed by atoms with Crippen molar-refractivity contribution >= 4 is 5.82 Å². The number of benzene rings is 1. The van der Waals surface area contributed by atoms with Crippen LogP contribution in [0.4, 0.5) is 5.82 Å². The second-order valence-corrected chi connectivity index (χ2v) is 4.20. The molecule has 1 aliphatic heterocycles. The number of aromatic amines is 1. The average molecular weight is 245 g/mol. The van der Waals surface area contributed by atoms with Gasteiger partial charge in [-0.25, -0.2) is 0 Å². The molecule has 0 saturated heterocycles. The lowest BCUT2D eigenvalue weighted by Crippen LogP contribution is -1.95. The lowest BCUT2D eigenvalue weighted by atomic mass is 10.1. The summed E-state index contributed by atoms with van der Waals surface area (Å²) in [5, 5.41) is 10.6. The number of methoxy groups -OCH3 is 2. The highest BCUT2D eigenvalue weighted by Crippen LogP contribution is 2.34. The van der Waals surface area contributed by atoms with Gasteiger partial charge in [0.2, 0.25) is 0 Å². The van der Waals surface area contributed by atoms with Crippen LogP contribution in [0, 0.1) is 0 Å². The molecule has 0 unspecified atom stereocenters. The molecule has 0 aliphatic carbocycles. The molecule has 94 valence electrons. The van der Waals surface area contributed by atoms with E-state index in [-0.39, 0.29) is 0 Å². The first-order valence-corrected chi connectivity index (χ1v) is 5.86. The molecule has 0 saturated carbocycles. The minimum absolute atomic E-state index is 0.777. The van der Waals surface area contributed by atoms with Crippen LogP contribution in [0.3, 0.4) is 0 Å². The summed E-state index contributed by atoms with van der Waals surface area (Å²) in [5.41, 5.74) is 3.29. The predicted molar refractivity (Wildman–Crippen MR) is 69.3 cm³/mol. The van der Waals surface area contributed by atoms with Crippen molar-refractivity contribution < 1.29 is 9.47 Å². The zero-order chi connectivity index (χ0) is 12.5. The second-order valence-electron chi connectivity index (χ2n) is 4.20. The first kappa shape index (κ1) is 11.0. The fourth-order valence-corrected chi connectivity index (χ4v) is 2.25. The van der Waals surface area contributed by atoms with Crippen LogP contribution in [0.25, 0.3) is 11.3 Å². The van der Waals surface area contributed by atoms with Gasteiger partial charge < -0.3 is 14.8 Å². The van der Waals surface area contributed by atoms with Crippen molar-refractivity contribution in [3.05, 3.63) is 23.8 Å². The Bertz CT molecular complexity index is 555. The van der Waals surface area contributed by atoms with Crippen LogP contribution in [0.2, 0.25) is 0 Å². The van der Waals surface area contributed by atoms with E-state index in [0.29, 0.717) is 0 Å². The number of hydrogen-bond acceptors (Lipinski definition) is 4. The standard InChI is InChI=1S/C13H15N3O2/c1-17-9-5-8(6-10(7-9)18-2)12-11-3-4-14-13(11)16-15-12/h5-7H,3-4H2,1-2H3,(H2,14,15,16). The summed E-state index contributed by atoms with van der Waals surface area (Å²) < 4.78 is 10.6. The van der Waals surface area contributed by atoms with E-state index in [4.69, 9.17) is 9.47 Å². The number of aromatic nitrogens is 2. The zero-order valence-electron chi connectivity index (χ0n) is 10.4. The Balaban J connectivity index is 2.10. The summed E-state index contributed by atoms with van der Waals surface area (Å²) in [6.07, 6.45) is 0.987. The monoisotopic (exact) mass is 245 g/mol. The number of rotatable bonds is 3. The van der Waals surface area contributed by atoms with E-state index >= 15 is 0 Å². The highest BCUT2D eigenvalue weighted by Gasteiger charge is 2.19. The predicted octanol–water partition coefficient (Wildman–Crippen LogP) is 2.06. The molecule has 0 radical (unpaired) electrons. The number of anilines is 1. The first-order valence-electron chi connectivity index (χ1n) is 5.86. The van der Waals surface area contributed by atoms with E-state index in [0.717, 1.165) is 41.5 Å². The molecular formula is C13H15N3O2. The molecule has 0 atom stereocenters. The molecule has 1 aliphatic rings. The maximum Gasteiger partial charge on any atom is 0.151 e. The van der Waals surface area contributed by atoms with E-state index in [1.807, 2.05) is 18.2 Å². The van der Waals surface area contributed by atoms with E-state index in [2.05, 4.69) is 15.5 Å². The summed E-state index contributed by atoms with van der Waals surface area (Å²) in [7, 11) is 3.30. The lowest BCUT2D eigenvalue weighted by molar-refractivity contribution is 0.394. The first-order chi connectivity index (χ1) is 8.81. The molecule has 2 heterocycles. The van der Waals surface area contributed by atoms with Crippen LogP contribution >= 0.6 is 0 Å². The summed E-state index contributed by atoms with van der Waals surface area (Å²) in [5.74, 6) is 2.50. The maximum absolute atomic E-state index is 5.28. The number of nitrogens with one attached hydrogen (secondary N) is 2. The van der Waals surface area contributed by atoms with Crippen LogP contribution in [0.5, 0.6) is 11.5 Å². The second kappa shape index (κ2) is 4.25. The Labute approximate surface area is 105 Å². The largest absolute Gasteiger partial charge is 0.497 e. The van der Waals surface area contributed by atoms with Gasteiger partial charge in [-0.15, -0.1) is 0 Å². The summed E-state index contributed by atoms with van der Waals surface area (Å²) in [6, 6.07) is 5.82. The molecule has 5 heteroatoms. The minimum atomic E-state index is 0.777. The molecular weight excluding hydrogens is 230 g/mol. The van der Waals surface area contributed by atoms with Crippen molar-refractivity contribution in [1.29, 1.82) is 0 Å². The number of nitrogens with zero attached hydrogens (tertiary/aromatic N) is 1. The normalized spacial score (nSPS) is 13.0. The molecule has 5 nitrogen and oxygen atoms in total. The quantitative estimate of drug-likeness (QED) is 0.869. The van der Waals surface area contributed by atoms with Crippen molar-refractivity contribution in [2.45, 2.75) is 6.42 Å². The molecule has 0 bridgehead atoms. The molecule has 0 amide bonds. The van der Waals surface area contributed by atoms with E-state index in [1.165, 1.54) is 5.56 Å². The maximum atomic E-state index is 5.28. The third-order valence-corrected chi connectivity index (χ3v) is 3.17. The minimum Gasteiger partial charge on any atom is -0.497 e. The van der Waals surface area contributed by atoms with Crippen LogP contribution in [-0.4, -0.2) is 31.0 Å². The van der Waals surface area contributed by atoms with E-state index < -0.39 is 0 Å². The zero-order valence-corrected chi connectivity index (χ0v) is 10.4. The molecule has 18 heavy (non-hydrogen) atoms. The Hall–Kier alpha value is -2.17. The summed E-state index contributed by atoms with van der Waals surface area (Å²) in [4.78, 5) is 0. The van der Waals surface area contributed by atoms with Crippen molar-refractivity contribution in [3.8, 4) is 22.8 Å². The Morgan fingerprint density at radius 2 is 1.83 bits per heavy atom. The van der Waals surface area contributed by atoms with Crippen LogP contribution < -0.4 is 14.8 Å². The Morgan fingerprint density at radius 3 is 2.50 bits per heavy atom. The van der Waals surface area contributed by atoms with Gasteiger partial charge in [0, 0.05) is 23.7 Å². The number of H-pyrrole nitrogens is 1. The fourth-order valence-electron chi connectivity index (χ4n) is 2.25. The van der Waals surface area contributed by atoms with Crippen LogP contribution in [-0.2, 0) is 6.42 Å². The van der Waals surface area contributed by atoms with Crippen molar-refractivity contribution in [3.63, 3.8) is 0 Å². The van der Waals surface area contributed by atoms with Crippen molar-refractivity contribution in [1.82, 2.24) is 10.2 Å². The van der Waals surface area contributed by atoms with E-state index in [1.54, 1.807) is 14.2 Å². The van der Waals surface area contributed by atoms with Gasteiger partial charge in [-0.05, 0) is 18.6 Å². The molecule has 2 N–H and O–H groups in total. The van der Waals surface area contributed by atoms with Crippen molar-refractivity contribution in [2.75, 3.05) is 26.1 Å². The van der Waals surface area contributed by atoms with Gasteiger partial charge in [-0.2, -0.15) is 5.10 Å². The molecule has 0 fully saturated rings. The third-order valence-electron chi connectivity index (χ3n) is 3.17. The molecule has 0 spiro atoms. The lowest BCUT2D eigenvalue weighted by Gasteiger charge is -2.08. The van der Waals surface area contributed by atoms with Crippen molar-refractivity contribution in [2.24, 2.45) is 0 Å². The van der Waals surface area contributed by atoms with Crippen LogP contribution in [0.15, 0.2) is 18.2 Å². The Morgan fingerprint density at radius 1 is 1.11 bits per heavy atom. The van der Waals surface area contributed by atoms with Gasteiger partial charge in [-0.1, -0.05) is 0 Å². The van der Waals surface area contributed by atoms with Gasteiger partial charge in [0.15, 0.2) is 5.82 Å². The average Bonchev–Trinajstić information content (AvgIpc) is 3.00. The van der Waals surface area contributed by atoms with E-state index in [9.17, 15) is 0 Å². The number of ether oxygens (including phenoxy) is 2. The number of hydrogen-bond donors (Lipinski definition) is 2. The molecule has 2 aromatic rings. The fraction of sp³-hybridized carbons (Fsp3) is 0.308. The summed E-state index contributed by atoms with van der Waals surface area (Å²) >= 11 is 0.